The van der Waals surface area contributed by atoms with Gasteiger partial charge in [0.05, 0.1) is 17.5 Å². The zero-order valence-electron chi connectivity index (χ0n) is 22.0. The Morgan fingerprint density at radius 2 is 1.51 bits per heavy atom. The molecule has 0 aliphatic carbocycles. The number of phenols is 1. The Kier molecular flexibility index (Phi) is 7.23. The third kappa shape index (κ3) is 5.84. The molecule has 0 spiro atoms. The van der Waals surface area contributed by atoms with Crippen LogP contribution in [-0.2, 0) is 6.61 Å². The quantitative estimate of drug-likeness (QED) is 0.166. The van der Waals surface area contributed by atoms with Crippen LogP contribution in [0, 0.1) is 0 Å². The number of hydrogen-bond acceptors (Lipinski definition) is 5. The van der Waals surface area contributed by atoms with Crippen LogP contribution in [0.1, 0.15) is 21.5 Å². The molecule has 5 aromatic carbocycles. The third-order valence-electron chi connectivity index (χ3n) is 6.62. The van der Waals surface area contributed by atoms with Gasteiger partial charge in [0, 0.05) is 17.3 Å². The number of rotatable bonds is 8. The van der Waals surface area contributed by atoms with E-state index in [0.29, 0.717) is 17.9 Å². The zero-order valence-corrected chi connectivity index (χ0v) is 22.0. The van der Waals surface area contributed by atoms with Crippen LogP contribution in [0.4, 0.5) is 0 Å². The van der Waals surface area contributed by atoms with Gasteiger partial charge in [-0.3, -0.25) is 4.79 Å². The number of fused-ring (bicyclic) bond motifs is 1. The number of aromatic nitrogens is 2. The van der Waals surface area contributed by atoms with E-state index in [-0.39, 0.29) is 11.3 Å². The van der Waals surface area contributed by atoms with Gasteiger partial charge in [-0.1, -0.05) is 72.8 Å². The van der Waals surface area contributed by atoms with Crippen molar-refractivity contribution in [1.82, 2.24) is 15.2 Å². The van der Waals surface area contributed by atoms with E-state index in [2.05, 4.69) is 10.5 Å². The molecule has 7 heteroatoms. The summed E-state index contributed by atoms with van der Waals surface area (Å²) in [5, 5.41) is 21.1. The van der Waals surface area contributed by atoms with Crippen molar-refractivity contribution in [2.24, 2.45) is 5.10 Å². The van der Waals surface area contributed by atoms with E-state index in [1.807, 2.05) is 115 Å². The van der Waals surface area contributed by atoms with E-state index in [1.54, 1.807) is 23.0 Å². The van der Waals surface area contributed by atoms with Crippen LogP contribution in [0.25, 0.3) is 27.7 Å². The van der Waals surface area contributed by atoms with Crippen LogP contribution in [-0.4, -0.2) is 27.0 Å². The molecule has 1 heterocycles. The molecule has 0 saturated heterocycles. The van der Waals surface area contributed by atoms with Crippen LogP contribution in [0.3, 0.4) is 0 Å². The second-order valence-corrected chi connectivity index (χ2v) is 9.43. The highest BCUT2D eigenvalue weighted by molar-refractivity contribution is 6.02. The van der Waals surface area contributed by atoms with Crippen molar-refractivity contribution in [3.05, 3.63) is 144 Å². The van der Waals surface area contributed by atoms with E-state index in [4.69, 9.17) is 9.84 Å². The van der Waals surface area contributed by atoms with Crippen LogP contribution in [0.5, 0.6) is 11.5 Å². The molecule has 2 N–H and O–H groups in total. The smallest absolute Gasteiger partial charge is 0.275 e. The van der Waals surface area contributed by atoms with E-state index < -0.39 is 5.91 Å². The standard InChI is InChI=1S/C34H26N4O3/c39-32-20-27-12-8-7-11-26(27)19-31(32)34(40)36-35-21-28-22-38(29-13-5-2-6-14-29)37-33(28)25-15-17-30(18-16-25)41-23-24-9-3-1-4-10-24/h1-22,39H,23H2,(H,36,40)/b35-21-. The SMILES string of the molecule is O=C(N/N=C\c1cn(-c2ccccc2)nc1-c1ccc(OCc2ccccc2)cc1)c1cc2ccccc2cc1O. The summed E-state index contributed by atoms with van der Waals surface area (Å²) in [7, 11) is 0. The van der Waals surface area contributed by atoms with Crippen molar-refractivity contribution in [3.8, 4) is 28.4 Å². The number of benzene rings is 5. The van der Waals surface area contributed by atoms with Gasteiger partial charge in [-0.25, -0.2) is 10.1 Å². The van der Waals surface area contributed by atoms with E-state index >= 15 is 0 Å². The summed E-state index contributed by atoms with van der Waals surface area (Å²) in [4.78, 5) is 12.9. The van der Waals surface area contributed by atoms with Gasteiger partial charge in [0.15, 0.2) is 0 Å². The number of hydrazone groups is 1. The minimum absolute atomic E-state index is 0.108. The first-order valence-electron chi connectivity index (χ1n) is 13.1. The van der Waals surface area contributed by atoms with Crippen molar-refractivity contribution in [2.75, 3.05) is 0 Å². The number of aromatic hydroxyl groups is 1. The average molecular weight is 539 g/mol. The lowest BCUT2D eigenvalue weighted by Crippen LogP contribution is -2.17. The number of nitrogens with one attached hydrogen (secondary N) is 1. The number of ether oxygens (including phenoxy) is 1. The van der Waals surface area contributed by atoms with Gasteiger partial charge in [0.2, 0.25) is 0 Å². The fourth-order valence-corrected chi connectivity index (χ4v) is 4.50. The number of nitrogens with zero attached hydrogens (tertiary/aromatic N) is 3. The molecule has 0 radical (unpaired) electrons. The second kappa shape index (κ2) is 11.6. The zero-order chi connectivity index (χ0) is 28.0. The van der Waals surface area contributed by atoms with Gasteiger partial charge < -0.3 is 9.84 Å². The number of carbonyl (C=O) groups excluding carboxylic acids is 1. The topological polar surface area (TPSA) is 88.7 Å². The molecule has 0 aliphatic heterocycles. The molecular formula is C34H26N4O3. The Balaban J connectivity index is 1.24. The summed E-state index contributed by atoms with van der Waals surface area (Å²) >= 11 is 0. The molecule has 0 fully saturated rings. The fraction of sp³-hybridized carbons (Fsp3) is 0.0294. The van der Waals surface area contributed by atoms with Crippen molar-refractivity contribution in [1.29, 1.82) is 0 Å². The van der Waals surface area contributed by atoms with Gasteiger partial charge in [-0.05, 0) is 64.9 Å². The summed E-state index contributed by atoms with van der Waals surface area (Å²) < 4.78 is 7.71. The Labute approximate surface area is 237 Å². The van der Waals surface area contributed by atoms with Crippen LogP contribution in [0.2, 0.25) is 0 Å². The predicted octanol–water partition coefficient (Wildman–Crippen LogP) is 6.74. The average Bonchev–Trinajstić information content (AvgIpc) is 3.45. The van der Waals surface area contributed by atoms with Gasteiger partial charge in [0.25, 0.3) is 5.91 Å². The highest BCUT2D eigenvalue weighted by atomic mass is 16.5. The molecule has 41 heavy (non-hydrogen) atoms. The molecule has 0 unspecified atom stereocenters. The van der Waals surface area contributed by atoms with E-state index in [9.17, 15) is 9.90 Å². The molecule has 6 aromatic rings. The van der Waals surface area contributed by atoms with E-state index in [1.165, 1.54) is 0 Å². The summed E-state index contributed by atoms with van der Waals surface area (Å²) in [5.41, 5.74) is 6.93. The first kappa shape index (κ1) is 25.6. The highest BCUT2D eigenvalue weighted by Gasteiger charge is 2.14. The Bertz CT molecular complexity index is 1830. The number of para-hydroxylation sites is 1. The minimum atomic E-state index is -0.513. The van der Waals surface area contributed by atoms with Crippen LogP contribution < -0.4 is 10.2 Å². The molecule has 0 saturated carbocycles. The van der Waals surface area contributed by atoms with Crippen molar-refractivity contribution < 1.29 is 14.6 Å². The second-order valence-electron chi connectivity index (χ2n) is 9.43. The molecule has 7 nitrogen and oxygen atoms in total. The maximum absolute atomic E-state index is 12.9. The van der Waals surface area contributed by atoms with E-state index in [0.717, 1.165) is 33.3 Å². The normalized spacial score (nSPS) is 11.1. The van der Waals surface area contributed by atoms with Crippen molar-refractivity contribution >= 4 is 22.9 Å². The third-order valence-corrected chi connectivity index (χ3v) is 6.62. The van der Waals surface area contributed by atoms with Gasteiger partial charge in [0.1, 0.15) is 23.8 Å². The minimum Gasteiger partial charge on any atom is -0.507 e. The first-order valence-corrected chi connectivity index (χ1v) is 13.1. The molecule has 200 valence electrons. The Hall–Kier alpha value is -5.69. The van der Waals surface area contributed by atoms with Crippen LogP contribution in [0.15, 0.2) is 133 Å². The lowest BCUT2D eigenvalue weighted by atomic mass is 10.1. The van der Waals surface area contributed by atoms with Gasteiger partial charge in [-0.15, -0.1) is 0 Å². The monoisotopic (exact) mass is 538 g/mol. The first-order chi connectivity index (χ1) is 20.1. The molecule has 1 aromatic heterocycles. The molecule has 1 amide bonds. The summed E-state index contributed by atoms with van der Waals surface area (Å²) in [6.07, 6.45) is 3.41. The summed E-state index contributed by atoms with van der Waals surface area (Å²) in [5.74, 6) is 0.128. The molecular weight excluding hydrogens is 512 g/mol. The lowest BCUT2D eigenvalue weighted by molar-refractivity contribution is 0.0952. The summed E-state index contributed by atoms with van der Waals surface area (Å²) in [6, 6.07) is 38.2. The van der Waals surface area contributed by atoms with Gasteiger partial charge in [-0.2, -0.15) is 10.2 Å². The van der Waals surface area contributed by atoms with Gasteiger partial charge >= 0.3 is 0 Å². The molecule has 6 rings (SSSR count). The lowest BCUT2D eigenvalue weighted by Gasteiger charge is -2.07. The highest BCUT2D eigenvalue weighted by Crippen LogP contribution is 2.27. The molecule has 0 atom stereocenters. The predicted molar refractivity (Wildman–Crippen MR) is 160 cm³/mol. The maximum Gasteiger partial charge on any atom is 0.275 e. The molecule has 0 bridgehead atoms. The number of amides is 1. The molecule has 0 aliphatic rings. The maximum atomic E-state index is 12.9. The Morgan fingerprint density at radius 1 is 0.854 bits per heavy atom. The Morgan fingerprint density at radius 3 is 2.24 bits per heavy atom. The van der Waals surface area contributed by atoms with Crippen molar-refractivity contribution in [2.45, 2.75) is 6.61 Å². The number of carbonyl (C=O) groups is 1. The fourth-order valence-electron chi connectivity index (χ4n) is 4.50. The number of phenolic OH excluding ortho intramolecular Hbond substituents is 1. The number of hydrogen-bond donors (Lipinski definition) is 2. The largest absolute Gasteiger partial charge is 0.507 e. The van der Waals surface area contributed by atoms with Crippen LogP contribution >= 0.6 is 0 Å². The summed E-state index contributed by atoms with van der Waals surface area (Å²) in [6.45, 7) is 0.479. The van der Waals surface area contributed by atoms with Crippen molar-refractivity contribution in [3.63, 3.8) is 0 Å².